The van der Waals surface area contributed by atoms with E-state index < -0.39 is 0 Å². The lowest BCUT2D eigenvalue weighted by atomic mass is 9.87. The van der Waals surface area contributed by atoms with Gasteiger partial charge in [0, 0.05) is 3.92 Å². The van der Waals surface area contributed by atoms with Gasteiger partial charge in [-0.1, -0.05) is 22.6 Å². The van der Waals surface area contributed by atoms with Crippen molar-refractivity contribution in [3.05, 3.63) is 0 Å². The zero-order valence-electron chi connectivity index (χ0n) is 5.73. The Morgan fingerprint density at radius 3 is 2.22 bits per heavy atom. The molecule has 0 aromatic rings. The monoisotopic (exact) mass is 240 g/mol. The molecule has 54 valence electrons. The number of hydrogen-bond donors (Lipinski definition) is 1. The SMILES string of the molecule is C[C@]1(O)CC[C@H](I)CC1. The fourth-order valence-electron chi connectivity index (χ4n) is 1.20. The van der Waals surface area contributed by atoms with Gasteiger partial charge in [0.1, 0.15) is 0 Å². The van der Waals surface area contributed by atoms with Gasteiger partial charge in [0.2, 0.25) is 0 Å². The molecule has 0 amide bonds. The van der Waals surface area contributed by atoms with Crippen LogP contribution in [0.2, 0.25) is 0 Å². The van der Waals surface area contributed by atoms with Gasteiger partial charge >= 0.3 is 0 Å². The summed E-state index contributed by atoms with van der Waals surface area (Å²) in [5.41, 5.74) is -0.346. The molecule has 1 nitrogen and oxygen atoms in total. The first-order valence-corrected chi connectivity index (χ1v) is 4.71. The van der Waals surface area contributed by atoms with E-state index in [1.54, 1.807) is 0 Å². The molecule has 0 unspecified atom stereocenters. The lowest BCUT2D eigenvalue weighted by Crippen LogP contribution is -2.30. The molecule has 0 heterocycles. The fourth-order valence-corrected chi connectivity index (χ4v) is 1.83. The predicted molar refractivity (Wildman–Crippen MR) is 46.9 cm³/mol. The van der Waals surface area contributed by atoms with E-state index in [1.807, 2.05) is 6.92 Å². The van der Waals surface area contributed by atoms with Crippen LogP contribution >= 0.6 is 22.6 Å². The van der Waals surface area contributed by atoms with Crippen LogP contribution < -0.4 is 0 Å². The second kappa shape index (κ2) is 2.74. The molecule has 1 aliphatic rings. The average molecular weight is 240 g/mol. The quantitative estimate of drug-likeness (QED) is 0.508. The average Bonchev–Trinajstić information content (AvgIpc) is 1.78. The van der Waals surface area contributed by atoms with Crippen molar-refractivity contribution in [1.82, 2.24) is 0 Å². The van der Waals surface area contributed by atoms with Crippen LogP contribution in [0.1, 0.15) is 32.6 Å². The van der Waals surface area contributed by atoms with Gasteiger partial charge in [-0.2, -0.15) is 0 Å². The van der Waals surface area contributed by atoms with E-state index >= 15 is 0 Å². The van der Waals surface area contributed by atoms with Crippen LogP contribution in [-0.4, -0.2) is 14.6 Å². The maximum absolute atomic E-state index is 9.49. The van der Waals surface area contributed by atoms with Crippen LogP contribution in [0.25, 0.3) is 0 Å². The molecule has 0 radical (unpaired) electrons. The number of aliphatic hydroxyl groups is 1. The third kappa shape index (κ3) is 2.42. The Balaban J connectivity index is 2.35. The van der Waals surface area contributed by atoms with E-state index in [4.69, 9.17) is 0 Å². The highest BCUT2D eigenvalue weighted by Gasteiger charge is 2.26. The molecule has 1 aliphatic carbocycles. The van der Waals surface area contributed by atoms with Crippen LogP contribution in [0.3, 0.4) is 0 Å². The summed E-state index contributed by atoms with van der Waals surface area (Å²) < 4.78 is 0.808. The largest absolute Gasteiger partial charge is 0.390 e. The van der Waals surface area contributed by atoms with Gasteiger partial charge in [0.15, 0.2) is 0 Å². The van der Waals surface area contributed by atoms with Crippen molar-refractivity contribution >= 4 is 22.6 Å². The topological polar surface area (TPSA) is 20.2 Å². The van der Waals surface area contributed by atoms with Crippen LogP contribution in [0.4, 0.5) is 0 Å². The second-order valence-corrected chi connectivity index (χ2v) is 4.93. The van der Waals surface area contributed by atoms with E-state index in [-0.39, 0.29) is 5.60 Å². The molecule has 0 spiro atoms. The summed E-state index contributed by atoms with van der Waals surface area (Å²) in [6.07, 6.45) is 4.35. The highest BCUT2D eigenvalue weighted by atomic mass is 127. The van der Waals surface area contributed by atoms with Gasteiger partial charge < -0.3 is 5.11 Å². The van der Waals surface area contributed by atoms with Crippen molar-refractivity contribution in [2.45, 2.75) is 42.1 Å². The van der Waals surface area contributed by atoms with E-state index in [0.29, 0.717) is 0 Å². The minimum absolute atomic E-state index is 0.346. The Hall–Kier alpha value is 0.690. The molecule has 1 N–H and O–H groups in total. The zero-order valence-corrected chi connectivity index (χ0v) is 7.89. The Kier molecular flexibility index (Phi) is 2.37. The maximum Gasteiger partial charge on any atom is 0.0620 e. The van der Waals surface area contributed by atoms with Gasteiger partial charge in [-0.05, 0) is 32.6 Å². The summed E-state index contributed by atoms with van der Waals surface area (Å²) in [5, 5.41) is 9.49. The normalized spacial score (nSPS) is 45.0. The highest BCUT2D eigenvalue weighted by Crippen LogP contribution is 2.31. The maximum atomic E-state index is 9.49. The van der Waals surface area contributed by atoms with Gasteiger partial charge in [-0.25, -0.2) is 0 Å². The first kappa shape index (κ1) is 7.79. The summed E-state index contributed by atoms with van der Waals surface area (Å²) in [7, 11) is 0. The highest BCUT2D eigenvalue weighted by molar-refractivity contribution is 14.1. The lowest BCUT2D eigenvalue weighted by Gasteiger charge is -2.30. The third-order valence-corrected chi connectivity index (χ3v) is 3.24. The van der Waals surface area contributed by atoms with Gasteiger partial charge in [0.25, 0.3) is 0 Å². The van der Waals surface area contributed by atoms with E-state index in [0.717, 1.165) is 16.8 Å². The first-order valence-electron chi connectivity index (χ1n) is 3.47. The van der Waals surface area contributed by atoms with Crippen molar-refractivity contribution in [1.29, 1.82) is 0 Å². The van der Waals surface area contributed by atoms with Crippen LogP contribution in [0.5, 0.6) is 0 Å². The summed E-state index contributed by atoms with van der Waals surface area (Å²) in [4.78, 5) is 0. The standard InChI is InChI=1S/C7H13IO/c1-7(9)4-2-6(8)3-5-7/h6,9H,2-5H2,1H3/t6-,7-. The predicted octanol–water partition coefficient (Wildman–Crippen LogP) is 2.12. The first-order chi connectivity index (χ1) is 4.10. The molecular formula is C7H13IO. The molecule has 0 aromatic carbocycles. The lowest BCUT2D eigenvalue weighted by molar-refractivity contribution is 0.0251. The number of alkyl halides is 1. The van der Waals surface area contributed by atoms with Crippen LogP contribution in [-0.2, 0) is 0 Å². The fraction of sp³-hybridized carbons (Fsp3) is 1.00. The summed E-state index contributed by atoms with van der Waals surface area (Å²) in [6.45, 7) is 1.94. The zero-order chi connectivity index (χ0) is 6.91. The number of halogens is 1. The Labute approximate surface area is 70.0 Å². The minimum atomic E-state index is -0.346. The van der Waals surface area contributed by atoms with Crippen LogP contribution in [0.15, 0.2) is 0 Å². The summed E-state index contributed by atoms with van der Waals surface area (Å²) in [6, 6.07) is 0. The molecule has 1 fully saturated rings. The van der Waals surface area contributed by atoms with Gasteiger partial charge in [-0.3, -0.25) is 0 Å². The Bertz CT molecular complexity index is 91.1. The molecule has 9 heavy (non-hydrogen) atoms. The van der Waals surface area contributed by atoms with Crippen molar-refractivity contribution in [2.75, 3.05) is 0 Å². The van der Waals surface area contributed by atoms with Crippen molar-refractivity contribution in [2.24, 2.45) is 0 Å². The number of hydrogen-bond acceptors (Lipinski definition) is 1. The Morgan fingerprint density at radius 2 is 1.89 bits per heavy atom. The summed E-state index contributed by atoms with van der Waals surface area (Å²) in [5.74, 6) is 0. The molecule has 0 bridgehead atoms. The van der Waals surface area contributed by atoms with Crippen molar-refractivity contribution in [3.8, 4) is 0 Å². The van der Waals surface area contributed by atoms with Gasteiger partial charge in [-0.15, -0.1) is 0 Å². The second-order valence-electron chi connectivity index (χ2n) is 3.17. The number of rotatable bonds is 0. The molecule has 0 aliphatic heterocycles. The molecule has 2 heteroatoms. The summed E-state index contributed by atoms with van der Waals surface area (Å²) >= 11 is 2.46. The van der Waals surface area contributed by atoms with Crippen molar-refractivity contribution < 1.29 is 5.11 Å². The van der Waals surface area contributed by atoms with E-state index in [1.165, 1.54) is 12.8 Å². The third-order valence-electron chi connectivity index (χ3n) is 1.99. The van der Waals surface area contributed by atoms with E-state index in [9.17, 15) is 5.11 Å². The molecule has 1 rings (SSSR count). The molecule has 0 atom stereocenters. The van der Waals surface area contributed by atoms with Crippen LogP contribution in [0, 0.1) is 0 Å². The van der Waals surface area contributed by atoms with Gasteiger partial charge in [0.05, 0.1) is 5.60 Å². The van der Waals surface area contributed by atoms with Crippen molar-refractivity contribution in [3.63, 3.8) is 0 Å². The van der Waals surface area contributed by atoms with E-state index in [2.05, 4.69) is 22.6 Å². The molecular weight excluding hydrogens is 227 g/mol. The molecule has 0 saturated heterocycles. The molecule has 1 saturated carbocycles. The minimum Gasteiger partial charge on any atom is -0.390 e. The molecule has 0 aromatic heterocycles. The smallest absolute Gasteiger partial charge is 0.0620 e. The Morgan fingerprint density at radius 1 is 1.44 bits per heavy atom.